The maximum Gasteiger partial charge on any atom is 0.161 e. The molecular weight excluding hydrogens is 380 g/mol. The predicted octanol–water partition coefficient (Wildman–Crippen LogP) is 4.23. The first kappa shape index (κ1) is 18.4. The lowest BCUT2D eigenvalue weighted by Crippen LogP contribution is -2.19. The van der Waals surface area contributed by atoms with Crippen LogP contribution in [-0.2, 0) is 4.84 Å². The average molecular weight is 399 g/mol. The first-order chi connectivity index (χ1) is 13.7. The molecule has 0 amide bonds. The van der Waals surface area contributed by atoms with Gasteiger partial charge in [-0.15, -0.1) is 0 Å². The zero-order valence-corrected chi connectivity index (χ0v) is 16.2. The standard InChI is InChI=1S/C21H19ClN2O4/c1-25-18-7-5-13(10-20(18)26-2)17-11-14(28-24-17)12-27-19-8-6-16(22)15-4-3-9-23-21(15)19/h3-11,14,24H,12H2,1-2H3/t14-/m1/s1. The molecule has 144 valence electrons. The van der Waals surface area contributed by atoms with Crippen molar-refractivity contribution in [1.29, 1.82) is 0 Å². The smallest absolute Gasteiger partial charge is 0.161 e. The van der Waals surface area contributed by atoms with E-state index < -0.39 is 0 Å². The fourth-order valence-electron chi connectivity index (χ4n) is 3.03. The quantitative estimate of drug-likeness (QED) is 0.670. The number of benzene rings is 2. The van der Waals surface area contributed by atoms with E-state index in [2.05, 4.69) is 10.5 Å². The van der Waals surface area contributed by atoms with Crippen LogP contribution in [0.2, 0.25) is 5.02 Å². The van der Waals surface area contributed by atoms with Crippen molar-refractivity contribution in [3.05, 3.63) is 65.3 Å². The molecule has 6 nitrogen and oxygen atoms in total. The van der Waals surface area contributed by atoms with Gasteiger partial charge in [0.15, 0.2) is 11.5 Å². The number of nitrogens with one attached hydrogen (secondary N) is 1. The summed E-state index contributed by atoms with van der Waals surface area (Å²) in [6, 6.07) is 13.1. The fraction of sp³-hybridized carbons (Fsp3) is 0.190. The lowest BCUT2D eigenvalue weighted by atomic mass is 10.1. The number of rotatable bonds is 6. The first-order valence-electron chi connectivity index (χ1n) is 8.71. The Balaban J connectivity index is 1.49. The van der Waals surface area contributed by atoms with Crippen molar-refractivity contribution < 1.29 is 19.0 Å². The molecule has 1 aliphatic rings. The van der Waals surface area contributed by atoms with Crippen LogP contribution in [0.15, 0.2) is 54.7 Å². The first-order valence-corrected chi connectivity index (χ1v) is 9.09. The van der Waals surface area contributed by atoms with Crippen LogP contribution >= 0.6 is 11.6 Å². The van der Waals surface area contributed by atoms with Crippen molar-refractivity contribution in [3.8, 4) is 17.2 Å². The lowest BCUT2D eigenvalue weighted by Gasteiger charge is -2.12. The van der Waals surface area contributed by atoms with Crippen LogP contribution < -0.4 is 19.7 Å². The van der Waals surface area contributed by atoms with E-state index in [-0.39, 0.29) is 6.10 Å². The summed E-state index contributed by atoms with van der Waals surface area (Å²) in [5.41, 5.74) is 5.44. The van der Waals surface area contributed by atoms with Crippen LogP contribution in [-0.4, -0.2) is 31.9 Å². The molecule has 2 aromatic carbocycles. The van der Waals surface area contributed by atoms with E-state index in [0.717, 1.165) is 22.2 Å². The number of hydrogen-bond donors (Lipinski definition) is 1. The number of methoxy groups -OCH3 is 2. The Morgan fingerprint density at radius 2 is 1.89 bits per heavy atom. The van der Waals surface area contributed by atoms with Crippen LogP contribution in [0.1, 0.15) is 5.56 Å². The molecule has 0 radical (unpaired) electrons. The van der Waals surface area contributed by atoms with Crippen molar-refractivity contribution in [3.63, 3.8) is 0 Å². The van der Waals surface area contributed by atoms with E-state index in [1.165, 1.54) is 0 Å². The number of pyridine rings is 1. The molecule has 1 aliphatic heterocycles. The minimum absolute atomic E-state index is 0.252. The van der Waals surface area contributed by atoms with Crippen LogP contribution in [0, 0.1) is 0 Å². The second-order valence-electron chi connectivity index (χ2n) is 6.16. The summed E-state index contributed by atoms with van der Waals surface area (Å²) in [5, 5.41) is 1.50. The normalized spacial score (nSPS) is 15.8. The van der Waals surface area contributed by atoms with Gasteiger partial charge in [0.2, 0.25) is 0 Å². The summed E-state index contributed by atoms with van der Waals surface area (Å²) in [5.74, 6) is 1.99. The van der Waals surface area contributed by atoms with E-state index in [1.807, 2.05) is 42.5 Å². The molecule has 0 unspecified atom stereocenters. The highest BCUT2D eigenvalue weighted by Gasteiger charge is 2.20. The monoisotopic (exact) mass is 398 g/mol. The van der Waals surface area contributed by atoms with Crippen LogP contribution in [0.4, 0.5) is 0 Å². The Hall–Kier alpha value is -2.96. The third-order valence-corrected chi connectivity index (χ3v) is 4.78. The van der Waals surface area contributed by atoms with Gasteiger partial charge in [-0.1, -0.05) is 11.6 Å². The summed E-state index contributed by atoms with van der Waals surface area (Å²) >= 11 is 6.23. The third kappa shape index (κ3) is 3.56. The summed E-state index contributed by atoms with van der Waals surface area (Å²) in [6.07, 6.45) is 3.43. The van der Waals surface area contributed by atoms with Gasteiger partial charge in [0, 0.05) is 17.1 Å². The number of ether oxygens (including phenoxy) is 3. The summed E-state index contributed by atoms with van der Waals surface area (Å²) in [7, 11) is 3.21. The molecule has 2 heterocycles. The van der Waals surface area contributed by atoms with Gasteiger partial charge >= 0.3 is 0 Å². The minimum Gasteiger partial charge on any atom is -0.493 e. The van der Waals surface area contributed by atoms with Gasteiger partial charge in [0.05, 0.1) is 24.9 Å². The lowest BCUT2D eigenvalue weighted by molar-refractivity contribution is 0.0238. The Morgan fingerprint density at radius 3 is 2.71 bits per heavy atom. The molecule has 3 aromatic rings. The SMILES string of the molecule is COc1ccc(C2=C[C@H](COc3ccc(Cl)c4cccnc34)ON2)cc1OC. The van der Waals surface area contributed by atoms with Crippen molar-refractivity contribution in [2.24, 2.45) is 0 Å². The number of aromatic nitrogens is 1. The number of fused-ring (bicyclic) bond motifs is 1. The molecule has 0 bridgehead atoms. The topological polar surface area (TPSA) is 61.8 Å². The van der Waals surface area contributed by atoms with E-state index >= 15 is 0 Å². The van der Waals surface area contributed by atoms with Gasteiger partial charge in [-0.2, -0.15) is 0 Å². The van der Waals surface area contributed by atoms with Gasteiger partial charge in [-0.05, 0) is 48.5 Å². The van der Waals surface area contributed by atoms with Crippen molar-refractivity contribution in [1.82, 2.24) is 10.5 Å². The van der Waals surface area contributed by atoms with Gasteiger partial charge < -0.3 is 14.2 Å². The predicted molar refractivity (Wildman–Crippen MR) is 108 cm³/mol. The van der Waals surface area contributed by atoms with E-state index in [1.54, 1.807) is 26.5 Å². The molecule has 4 rings (SSSR count). The van der Waals surface area contributed by atoms with Crippen molar-refractivity contribution in [2.75, 3.05) is 20.8 Å². The summed E-state index contributed by atoms with van der Waals surface area (Å²) < 4.78 is 16.6. The van der Waals surface area contributed by atoms with Crippen molar-refractivity contribution in [2.45, 2.75) is 6.10 Å². The Labute approximate surface area is 167 Å². The number of hydrogen-bond acceptors (Lipinski definition) is 6. The second kappa shape index (κ2) is 7.96. The highest BCUT2D eigenvalue weighted by Crippen LogP contribution is 2.32. The summed E-state index contributed by atoms with van der Waals surface area (Å²) in [6.45, 7) is 0.330. The number of halogens is 1. The Bertz CT molecular complexity index is 1040. The molecule has 7 heteroatoms. The molecule has 28 heavy (non-hydrogen) atoms. The molecule has 0 fully saturated rings. The van der Waals surface area contributed by atoms with Crippen LogP contribution in [0.3, 0.4) is 0 Å². The minimum atomic E-state index is -0.252. The average Bonchev–Trinajstić information content (AvgIpc) is 3.22. The molecule has 0 saturated carbocycles. The Morgan fingerprint density at radius 1 is 1.07 bits per heavy atom. The molecule has 1 atom stereocenters. The number of hydroxylamine groups is 1. The van der Waals surface area contributed by atoms with Gasteiger partial charge in [-0.25, -0.2) is 0 Å². The highest BCUT2D eigenvalue weighted by atomic mass is 35.5. The maximum absolute atomic E-state index is 6.23. The molecule has 0 spiro atoms. The van der Waals surface area contributed by atoms with Crippen LogP contribution in [0.25, 0.3) is 16.6 Å². The van der Waals surface area contributed by atoms with E-state index in [0.29, 0.717) is 28.9 Å². The number of nitrogens with zero attached hydrogens (tertiary/aromatic N) is 1. The molecule has 1 N–H and O–H groups in total. The Kier molecular flexibility index (Phi) is 5.23. The van der Waals surface area contributed by atoms with E-state index in [4.69, 9.17) is 30.6 Å². The highest BCUT2D eigenvalue weighted by molar-refractivity contribution is 6.35. The van der Waals surface area contributed by atoms with Gasteiger partial charge in [-0.3, -0.25) is 15.3 Å². The molecule has 1 aromatic heterocycles. The largest absolute Gasteiger partial charge is 0.493 e. The van der Waals surface area contributed by atoms with Crippen LogP contribution in [0.5, 0.6) is 17.2 Å². The van der Waals surface area contributed by atoms with Crippen molar-refractivity contribution >= 4 is 28.2 Å². The second-order valence-corrected chi connectivity index (χ2v) is 6.57. The fourth-order valence-corrected chi connectivity index (χ4v) is 3.25. The zero-order valence-electron chi connectivity index (χ0n) is 15.4. The van der Waals surface area contributed by atoms with Gasteiger partial charge in [0.1, 0.15) is 24.0 Å². The van der Waals surface area contributed by atoms with E-state index in [9.17, 15) is 0 Å². The maximum atomic E-state index is 6.23. The third-order valence-electron chi connectivity index (χ3n) is 4.45. The molecule has 0 saturated heterocycles. The molecule has 0 aliphatic carbocycles. The molecular formula is C21H19ClN2O4. The summed E-state index contributed by atoms with van der Waals surface area (Å²) in [4.78, 5) is 10.00. The van der Waals surface area contributed by atoms with Gasteiger partial charge in [0.25, 0.3) is 0 Å². The zero-order chi connectivity index (χ0) is 19.5.